The second-order valence-corrected chi connectivity index (χ2v) is 13.4. The molecule has 180 valence electrons. The van der Waals surface area contributed by atoms with Gasteiger partial charge < -0.3 is 10.0 Å². The highest BCUT2D eigenvalue weighted by Crippen LogP contribution is 2.66. The standard InChI is InChI=1S/C30H49NO/c1-21(15-20-31-18-7-6-8-19-31)23-10-11-24-22-9-12-26-28(2,3)27(32)14-17-30(26,5)25(22)13-16-29(23,24)4/h11,21,23,26-27,32H,6-10,12-20H2,1-5H3. The molecule has 0 aromatic heterocycles. The van der Waals surface area contributed by atoms with Gasteiger partial charge in [-0.3, -0.25) is 0 Å². The van der Waals surface area contributed by atoms with E-state index < -0.39 is 0 Å². The van der Waals surface area contributed by atoms with Gasteiger partial charge in [0.05, 0.1) is 6.10 Å². The van der Waals surface area contributed by atoms with Crippen LogP contribution in [-0.4, -0.2) is 35.7 Å². The highest BCUT2D eigenvalue weighted by molar-refractivity contribution is 5.49. The molecule has 1 N–H and O–H groups in total. The number of aliphatic hydroxyl groups is 1. The highest BCUT2D eigenvalue weighted by atomic mass is 16.3. The zero-order chi connectivity index (χ0) is 22.7. The molecule has 5 rings (SSSR count). The van der Waals surface area contributed by atoms with Gasteiger partial charge in [-0.2, -0.15) is 0 Å². The zero-order valence-electron chi connectivity index (χ0n) is 21.7. The van der Waals surface area contributed by atoms with Gasteiger partial charge in [0.2, 0.25) is 0 Å². The minimum atomic E-state index is -0.132. The van der Waals surface area contributed by atoms with Gasteiger partial charge in [0.25, 0.3) is 0 Å². The lowest BCUT2D eigenvalue weighted by atomic mass is 9.46. The van der Waals surface area contributed by atoms with E-state index in [0.29, 0.717) is 16.7 Å². The molecule has 0 bridgehead atoms. The third-order valence-electron chi connectivity index (χ3n) is 11.5. The van der Waals surface area contributed by atoms with Crippen LogP contribution in [0.3, 0.4) is 0 Å². The van der Waals surface area contributed by atoms with Crippen LogP contribution in [0.4, 0.5) is 0 Å². The molecule has 2 nitrogen and oxygen atoms in total. The Morgan fingerprint density at radius 1 is 1.00 bits per heavy atom. The Kier molecular flexibility index (Phi) is 5.98. The Balaban J connectivity index is 1.35. The molecule has 4 aliphatic carbocycles. The number of nitrogens with zero attached hydrogens (tertiary/aromatic N) is 1. The topological polar surface area (TPSA) is 23.5 Å². The number of hydrogen-bond acceptors (Lipinski definition) is 2. The fourth-order valence-electron chi connectivity index (χ4n) is 9.35. The summed E-state index contributed by atoms with van der Waals surface area (Å²) in [4.78, 5) is 2.73. The predicted molar refractivity (Wildman–Crippen MR) is 134 cm³/mol. The summed E-state index contributed by atoms with van der Waals surface area (Å²) in [5.74, 6) is 2.27. The van der Waals surface area contributed by atoms with E-state index in [1.54, 1.807) is 16.7 Å². The number of hydrogen-bond donors (Lipinski definition) is 1. The lowest BCUT2D eigenvalue weighted by Crippen LogP contribution is -2.53. The number of rotatable bonds is 4. The Bertz CT molecular complexity index is 787. The van der Waals surface area contributed by atoms with E-state index in [1.165, 1.54) is 83.8 Å². The van der Waals surface area contributed by atoms with Gasteiger partial charge in [0.1, 0.15) is 0 Å². The molecule has 1 saturated carbocycles. The minimum Gasteiger partial charge on any atom is -0.393 e. The van der Waals surface area contributed by atoms with Crippen LogP contribution in [0.1, 0.15) is 105 Å². The van der Waals surface area contributed by atoms with Gasteiger partial charge in [-0.1, -0.05) is 52.7 Å². The molecular weight excluding hydrogens is 390 g/mol. The summed E-state index contributed by atoms with van der Waals surface area (Å²) in [6, 6.07) is 0. The van der Waals surface area contributed by atoms with E-state index in [4.69, 9.17) is 0 Å². The van der Waals surface area contributed by atoms with Gasteiger partial charge in [-0.05, 0) is 129 Å². The van der Waals surface area contributed by atoms with Gasteiger partial charge in [0.15, 0.2) is 0 Å². The van der Waals surface area contributed by atoms with Crippen molar-refractivity contribution in [2.24, 2.45) is 34.0 Å². The van der Waals surface area contributed by atoms with Crippen LogP contribution in [0.15, 0.2) is 22.8 Å². The van der Waals surface area contributed by atoms with E-state index in [2.05, 4.69) is 45.6 Å². The highest BCUT2D eigenvalue weighted by Gasteiger charge is 2.57. The minimum absolute atomic E-state index is 0.0435. The first-order valence-electron chi connectivity index (χ1n) is 14.0. The molecule has 1 aliphatic heterocycles. The summed E-state index contributed by atoms with van der Waals surface area (Å²) in [7, 11) is 0. The number of aliphatic hydroxyl groups excluding tert-OH is 1. The van der Waals surface area contributed by atoms with Crippen molar-refractivity contribution in [2.45, 2.75) is 111 Å². The summed E-state index contributed by atoms with van der Waals surface area (Å²) in [6.07, 6.45) is 16.8. The van der Waals surface area contributed by atoms with Gasteiger partial charge in [-0.25, -0.2) is 0 Å². The Morgan fingerprint density at radius 3 is 2.50 bits per heavy atom. The summed E-state index contributed by atoms with van der Waals surface area (Å²) < 4.78 is 0. The monoisotopic (exact) mass is 439 g/mol. The van der Waals surface area contributed by atoms with Crippen molar-refractivity contribution in [3.63, 3.8) is 0 Å². The molecule has 32 heavy (non-hydrogen) atoms. The second-order valence-electron chi connectivity index (χ2n) is 13.4. The van der Waals surface area contributed by atoms with Crippen LogP contribution < -0.4 is 0 Å². The molecule has 0 aromatic rings. The van der Waals surface area contributed by atoms with Crippen LogP contribution in [0.25, 0.3) is 0 Å². The molecule has 0 aromatic carbocycles. The van der Waals surface area contributed by atoms with Crippen molar-refractivity contribution >= 4 is 0 Å². The quantitative estimate of drug-likeness (QED) is 0.503. The molecule has 1 saturated heterocycles. The Morgan fingerprint density at radius 2 is 1.75 bits per heavy atom. The van der Waals surface area contributed by atoms with Crippen LogP contribution in [0.5, 0.6) is 0 Å². The summed E-state index contributed by atoms with van der Waals surface area (Å²) in [5, 5.41) is 10.8. The third-order valence-corrected chi connectivity index (χ3v) is 11.5. The summed E-state index contributed by atoms with van der Waals surface area (Å²) in [6.45, 7) is 16.4. The van der Waals surface area contributed by atoms with Gasteiger partial charge in [-0.15, -0.1) is 0 Å². The lowest BCUT2D eigenvalue weighted by Gasteiger charge is -2.59. The zero-order valence-corrected chi connectivity index (χ0v) is 21.7. The smallest absolute Gasteiger partial charge is 0.0594 e. The van der Waals surface area contributed by atoms with Crippen LogP contribution in [-0.2, 0) is 0 Å². The van der Waals surface area contributed by atoms with E-state index in [1.807, 2.05) is 0 Å². The van der Waals surface area contributed by atoms with Crippen LogP contribution >= 0.6 is 0 Å². The molecule has 1 heterocycles. The first kappa shape index (κ1) is 23.2. The van der Waals surface area contributed by atoms with Crippen molar-refractivity contribution in [1.82, 2.24) is 4.90 Å². The van der Waals surface area contributed by atoms with Crippen LogP contribution in [0, 0.1) is 34.0 Å². The SMILES string of the molecule is CC(CCN1CCCCC1)C1CC=C2C3=C(CCC21C)C1(C)CCC(O)C(C)(C)C1CC3. The molecule has 0 amide bonds. The van der Waals surface area contributed by atoms with Crippen molar-refractivity contribution in [2.75, 3.05) is 19.6 Å². The maximum absolute atomic E-state index is 10.8. The maximum atomic E-state index is 10.8. The average molecular weight is 440 g/mol. The maximum Gasteiger partial charge on any atom is 0.0594 e. The Hall–Kier alpha value is -0.600. The third kappa shape index (κ3) is 3.49. The fourth-order valence-corrected chi connectivity index (χ4v) is 9.35. The number of fused-ring (bicyclic) bond motifs is 4. The van der Waals surface area contributed by atoms with E-state index in [0.717, 1.165) is 18.3 Å². The molecule has 6 atom stereocenters. The first-order chi connectivity index (χ1) is 15.2. The molecule has 6 unspecified atom stereocenters. The molecule has 0 radical (unpaired) electrons. The molecule has 5 aliphatic rings. The van der Waals surface area contributed by atoms with Crippen molar-refractivity contribution in [3.8, 4) is 0 Å². The molecule has 0 spiro atoms. The Labute approximate surface area is 197 Å². The normalized spacial score (nSPS) is 42.7. The molecule has 2 fully saturated rings. The lowest BCUT2D eigenvalue weighted by molar-refractivity contribution is -0.0905. The second kappa shape index (κ2) is 8.26. The average Bonchev–Trinajstić information content (AvgIpc) is 3.13. The fraction of sp³-hybridized carbons (Fsp3) is 0.867. The van der Waals surface area contributed by atoms with Crippen LogP contribution in [0.2, 0.25) is 0 Å². The predicted octanol–water partition coefficient (Wildman–Crippen LogP) is 7.14. The number of piperidine rings is 1. The van der Waals surface area contributed by atoms with E-state index in [9.17, 15) is 5.11 Å². The largest absolute Gasteiger partial charge is 0.393 e. The summed E-state index contributed by atoms with van der Waals surface area (Å²) >= 11 is 0. The van der Waals surface area contributed by atoms with Gasteiger partial charge >= 0.3 is 0 Å². The first-order valence-corrected chi connectivity index (χ1v) is 14.0. The van der Waals surface area contributed by atoms with Gasteiger partial charge in [0, 0.05) is 0 Å². The van der Waals surface area contributed by atoms with Crippen molar-refractivity contribution < 1.29 is 5.11 Å². The van der Waals surface area contributed by atoms with Crippen molar-refractivity contribution in [1.29, 1.82) is 0 Å². The van der Waals surface area contributed by atoms with E-state index >= 15 is 0 Å². The summed E-state index contributed by atoms with van der Waals surface area (Å²) in [5.41, 5.74) is 6.08. The van der Waals surface area contributed by atoms with Crippen molar-refractivity contribution in [3.05, 3.63) is 22.8 Å². The number of likely N-dealkylation sites (tertiary alicyclic amines) is 1. The number of allylic oxidation sites excluding steroid dienone is 4. The molecule has 2 heteroatoms. The van der Waals surface area contributed by atoms with E-state index in [-0.39, 0.29) is 11.5 Å². The molecular formula is C30H49NO.